The summed E-state index contributed by atoms with van der Waals surface area (Å²) in [5, 5.41) is 0. The van der Waals surface area contributed by atoms with Crippen LogP contribution in [-0.2, 0) is 0 Å². The number of allylic oxidation sites excluding steroid dienone is 4. The van der Waals surface area contributed by atoms with Gasteiger partial charge in [0.05, 0.1) is 0 Å². The lowest BCUT2D eigenvalue weighted by atomic mass is 9.67. The number of hydrogen-bond acceptors (Lipinski definition) is 0. The Bertz CT molecular complexity index is 495. The predicted molar refractivity (Wildman–Crippen MR) is 89.5 cm³/mol. The molecule has 0 bridgehead atoms. The van der Waals surface area contributed by atoms with Gasteiger partial charge in [-0.25, -0.2) is 0 Å². The molecular weight excluding hydrogens is 240 g/mol. The van der Waals surface area contributed by atoms with Crippen molar-refractivity contribution in [3.8, 4) is 0 Å². The van der Waals surface area contributed by atoms with Crippen LogP contribution in [0.4, 0.5) is 0 Å². The zero-order valence-electron chi connectivity index (χ0n) is 13.6. The van der Waals surface area contributed by atoms with E-state index in [1.54, 1.807) is 0 Å². The summed E-state index contributed by atoms with van der Waals surface area (Å²) in [6.45, 7) is 11.8. The molecule has 0 aromatic heterocycles. The molecule has 0 heterocycles. The quantitative estimate of drug-likeness (QED) is 0.620. The maximum Gasteiger partial charge on any atom is -0.0144 e. The van der Waals surface area contributed by atoms with Crippen molar-refractivity contribution in [2.24, 2.45) is 16.7 Å². The molecule has 1 aliphatic rings. The van der Waals surface area contributed by atoms with Crippen LogP contribution in [0.15, 0.2) is 48.6 Å². The minimum absolute atomic E-state index is 0.355. The van der Waals surface area contributed by atoms with Gasteiger partial charge in [0.25, 0.3) is 0 Å². The summed E-state index contributed by atoms with van der Waals surface area (Å²) in [5.74, 6) is 0.647. The molecule has 0 amide bonds. The molecule has 2 rings (SSSR count). The second-order valence-electron chi connectivity index (χ2n) is 7.95. The molecule has 0 nitrogen and oxygen atoms in total. The van der Waals surface area contributed by atoms with Crippen LogP contribution in [0.5, 0.6) is 0 Å². The van der Waals surface area contributed by atoms with Gasteiger partial charge in [-0.1, -0.05) is 83.2 Å². The lowest BCUT2D eigenvalue weighted by molar-refractivity contribution is 0.158. The minimum atomic E-state index is 0.355. The van der Waals surface area contributed by atoms with E-state index in [2.05, 4.69) is 83.2 Å². The van der Waals surface area contributed by atoms with Crippen LogP contribution in [0.25, 0.3) is 5.57 Å². The Morgan fingerprint density at radius 3 is 2.15 bits per heavy atom. The second kappa shape index (κ2) is 5.60. The molecule has 1 unspecified atom stereocenters. The highest BCUT2D eigenvalue weighted by Gasteiger charge is 2.32. The summed E-state index contributed by atoms with van der Waals surface area (Å²) in [5.41, 5.74) is 3.44. The Hall–Kier alpha value is -1.30. The van der Waals surface area contributed by atoms with E-state index in [4.69, 9.17) is 0 Å². The van der Waals surface area contributed by atoms with Crippen LogP contribution in [-0.4, -0.2) is 0 Å². The fourth-order valence-corrected chi connectivity index (χ4v) is 3.54. The van der Waals surface area contributed by atoms with Crippen LogP contribution in [0, 0.1) is 16.7 Å². The Morgan fingerprint density at radius 1 is 1.00 bits per heavy atom. The van der Waals surface area contributed by atoms with E-state index in [1.165, 1.54) is 17.6 Å². The second-order valence-corrected chi connectivity index (χ2v) is 7.95. The Morgan fingerprint density at radius 2 is 1.65 bits per heavy atom. The maximum atomic E-state index is 2.42. The van der Waals surface area contributed by atoms with E-state index in [0.29, 0.717) is 16.7 Å². The fraction of sp³-hybridized carbons (Fsp3) is 0.500. The van der Waals surface area contributed by atoms with Crippen molar-refractivity contribution in [1.29, 1.82) is 0 Å². The van der Waals surface area contributed by atoms with Crippen molar-refractivity contribution in [3.05, 3.63) is 54.1 Å². The zero-order valence-corrected chi connectivity index (χ0v) is 13.6. The Kier molecular flexibility index (Phi) is 4.22. The van der Waals surface area contributed by atoms with Crippen molar-refractivity contribution in [1.82, 2.24) is 0 Å². The first-order valence-corrected chi connectivity index (χ1v) is 7.72. The molecule has 1 atom stereocenters. The fourth-order valence-electron chi connectivity index (χ4n) is 3.54. The molecule has 0 aliphatic heterocycles. The summed E-state index contributed by atoms with van der Waals surface area (Å²) in [6.07, 6.45) is 9.56. The van der Waals surface area contributed by atoms with Gasteiger partial charge in [0, 0.05) is 0 Å². The average molecular weight is 268 g/mol. The third-order valence-corrected chi connectivity index (χ3v) is 4.20. The molecule has 0 radical (unpaired) electrons. The van der Waals surface area contributed by atoms with Crippen molar-refractivity contribution in [2.75, 3.05) is 0 Å². The SMILES string of the molecule is CC(C)(C)CC(C)(C)C1C=CC(c2ccccc2)=CC1. The third-order valence-electron chi connectivity index (χ3n) is 4.20. The maximum absolute atomic E-state index is 2.42. The van der Waals surface area contributed by atoms with E-state index >= 15 is 0 Å². The third kappa shape index (κ3) is 3.85. The smallest absolute Gasteiger partial charge is 0.0144 e. The molecule has 108 valence electrons. The van der Waals surface area contributed by atoms with Gasteiger partial charge in [-0.2, -0.15) is 0 Å². The van der Waals surface area contributed by atoms with Crippen LogP contribution in [0.1, 0.15) is 53.0 Å². The van der Waals surface area contributed by atoms with Gasteiger partial charge >= 0.3 is 0 Å². The number of benzene rings is 1. The van der Waals surface area contributed by atoms with Gasteiger partial charge in [-0.15, -0.1) is 0 Å². The van der Waals surface area contributed by atoms with Gasteiger partial charge in [0.15, 0.2) is 0 Å². The summed E-state index contributed by atoms with van der Waals surface area (Å²) in [6, 6.07) is 10.7. The summed E-state index contributed by atoms with van der Waals surface area (Å²) >= 11 is 0. The van der Waals surface area contributed by atoms with E-state index in [1.807, 2.05) is 0 Å². The zero-order chi connectivity index (χ0) is 14.8. The molecule has 0 saturated heterocycles. The van der Waals surface area contributed by atoms with Crippen LogP contribution in [0.3, 0.4) is 0 Å². The first-order chi connectivity index (χ1) is 9.28. The molecule has 1 aromatic rings. The van der Waals surface area contributed by atoms with Gasteiger partial charge in [0.2, 0.25) is 0 Å². The molecule has 1 aliphatic carbocycles. The number of rotatable bonds is 3. The largest absolute Gasteiger partial charge is 0.0800 e. The van der Waals surface area contributed by atoms with Gasteiger partial charge < -0.3 is 0 Å². The summed E-state index contributed by atoms with van der Waals surface area (Å²) < 4.78 is 0. The van der Waals surface area contributed by atoms with Crippen LogP contribution >= 0.6 is 0 Å². The van der Waals surface area contributed by atoms with Gasteiger partial charge in [0.1, 0.15) is 0 Å². The highest BCUT2D eigenvalue weighted by Crippen LogP contribution is 2.43. The molecule has 0 N–H and O–H groups in total. The first kappa shape index (κ1) is 15.1. The predicted octanol–water partition coefficient (Wildman–Crippen LogP) is 6.11. The lowest BCUT2D eigenvalue weighted by Gasteiger charge is -2.38. The molecule has 0 spiro atoms. The van der Waals surface area contributed by atoms with E-state index in [-0.39, 0.29) is 0 Å². The van der Waals surface area contributed by atoms with Crippen molar-refractivity contribution in [3.63, 3.8) is 0 Å². The lowest BCUT2D eigenvalue weighted by Crippen LogP contribution is -2.28. The normalized spacial score (nSPS) is 19.9. The van der Waals surface area contributed by atoms with Crippen molar-refractivity contribution in [2.45, 2.75) is 47.5 Å². The Balaban J connectivity index is 2.08. The van der Waals surface area contributed by atoms with Gasteiger partial charge in [-0.05, 0) is 40.7 Å². The van der Waals surface area contributed by atoms with Crippen molar-refractivity contribution < 1.29 is 0 Å². The molecule has 0 heteroatoms. The highest BCUT2D eigenvalue weighted by atomic mass is 14.4. The molecule has 0 fully saturated rings. The molecule has 0 saturated carbocycles. The first-order valence-electron chi connectivity index (χ1n) is 7.72. The molecule has 1 aromatic carbocycles. The van der Waals surface area contributed by atoms with E-state index in [9.17, 15) is 0 Å². The monoisotopic (exact) mass is 268 g/mol. The van der Waals surface area contributed by atoms with Gasteiger partial charge in [-0.3, -0.25) is 0 Å². The van der Waals surface area contributed by atoms with E-state index in [0.717, 1.165) is 6.42 Å². The van der Waals surface area contributed by atoms with Crippen LogP contribution in [0.2, 0.25) is 0 Å². The Labute approximate surface area is 124 Å². The standard InChI is InChI=1S/C20H28/c1-19(2,3)15-20(4,5)18-13-11-17(12-14-18)16-9-7-6-8-10-16/h6-13,18H,14-15H2,1-5H3. The van der Waals surface area contributed by atoms with E-state index < -0.39 is 0 Å². The molecular formula is C20H28. The average Bonchev–Trinajstić information content (AvgIpc) is 2.37. The summed E-state index contributed by atoms with van der Waals surface area (Å²) in [4.78, 5) is 0. The molecule has 20 heavy (non-hydrogen) atoms. The van der Waals surface area contributed by atoms with Crippen molar-refractivity contribution >= 4 is 5.57 Å². The van der Waals surface area contributed by atoms with Crippen LogP contribution < -0.4 is 0 Å². The highest BCUT2D eigenvalue weighted by molar-refractivity contribution is 5.74. The number of hydrogen-bond donors (Lipinski definition) is 0. The minimum Gasteiger partial charge on any atom is -0.0800 e. The topological polar surface area (TPSA) is 0 Å². The summed E-state index contributed by atoms with van der Waals surface area (Å²) in [7, 11) is 0.